The van der Waals surface area contributed by atoms with Crippen LogP contribution in [0.4, 0.5) is 17.6 Å². The van der Waals surface area contributed by atoms with Crippen molar-refractivity contribution in [2.45, 2.75) is 53.8 Å². The number of methoxy groups -OCH3 is 1. The van der Waals surface area contributed by atoms with E-state index >= 15 is 0 Å². The first-order valence-electron chi connectivity index (χ1n) is 18.7. The standard InChI is InChI=1S/C39H44N12O6S/c1-6-25-33(58-22(4)42-25)37(55)46-39-44-27-18-24(35(41)53)20-30(56-5)32(27)50(39)11-9-8-10-49-31-26(17-23(34(40)52)19-28(31)48-12-14-57-15-13-48)43-38(49)45-36(54)29-16-21(3)47-51(29)7-2/h8-9,16-20H,6-7,10-15H2,1-5H3,(H2,40,52)(H2,41,53)(H,43,45,54)(H,44,46,55)/b9-8+. The third-order valence-corrected chi connectivity index (χ3v) is 10.8. The molecule has 0 bridgehead atoms. The summed E-state index contributed by atoms with van der Waals surface area (Å²) in [5.74, 6) is -1.23. The minimum Gasteiger partial charge on any atom is -0.494 e. The molecule has 0 spiro atoms. The number of anilines is 3. The molecule has 0 unspecified atom stereocenters. The molecule has 1 aliphatic rings. The average Bonchev–Trinajstić information content (AvgIpc) is 3.98. The van der Waals surface area contributed by atoms with E-state index in [2.05, 4.69) is 25.6 Å². The lowest BCUT2D eigenvalue weighted by atomic mass is 10.1. The molecular formula is C39H44N12O6S. The van der Waals surface area contributed by atoms with Crippen molar-refractivity contribution in [2.75, 3.05) is 48.9 Å². The number of hydrogen-bond acceptors (Lipinski definition) is 12. The van der Waals surface area contributed by atoms with Gasteiger partial charge in [-0.15, -0.1) is 11.3 Å². The molecule has 19 heteroatoms. The number of imidazole rings is 2. The predicted molar refractivity (Wildman–Crippen MR) is 220 cm³/mol. The molecule has 302 valence electrons. The number of primary amides is 2. The number of carbonyl (C=O) groups is 4. The van der Waals surface area contributed by atoms with Gasteiger partial charge in [-0.25, -0.2) is 15.0 Å². The number of carbonyl (C=O) groups excluding carboxylic acids is 4. The monoisotopic (exact) mass is 808 g/mol. The number of rotatable bonds is 14. The Labute approximate surface area is 336 Å². The maximum absolute atomic E-state index is 13.8. The average molecular weight is 809 g/mol. The highest BCUT2D eigenvalue weighted by atomic mass is 32.1. The zero-order valence-corrected chi connectivity index (χ0v) is 33.6. The lowest BCUT2D eigenvalue weighted by Crippen LogP contribution is -2.36. The van der Waals surface area contributed by atoms with Gasteiger partial charge in [0, 0.05) is 43.9 Å². The van der Waals surface area contributed by atoms with Gasteiger partial charge in [0.15, 0.2) is 0 Å². The summed E-state index contributed by atoms with van der Waals surface area (Å²) in [6.07, 6.45) is 4.35. The summed E-state index contributed by atoms with van der Waals surface area (Å²) < 4.78 is 16.6. The third-order valence-electron chi connectivity index (χ3n) is 9.74. The van der Waals surface area contributed by atoms with Gasteiger partial charge in [-0.3, -0.25) is 34.5 Å². The second-order valence-corrected chi connectivity index (χ2v) is 14.8. The van der Waals surface area contributed by atoms with Gasteiger partial charge in [-0.2, -0.15) is 5.10 Å². The van der Waals surface area contributed by atoms with E-state index in [4.69, 9.17) is 30.9 Å². The number of benzene rings is 2. The van der Waals surface area contributed by atoms with Crippen molar-refractivity contribution in [3.63, 3.8) is 0 Å². The van der Waals surface area contributed by atoms with E-state index < -0.39 is 17.7 Å². The highest BCUT2D eigenvalue weighted by Crippen LogP contribution is 2.34. The summed E-state index contributed by atoms with van der Waals surface area (Å²) in [5.41, 5.74) is 16.4. The quantitative estimate of drug-likeness (QED) is 0.115. The normalized spacial score (nSPS) is 13.2. The van der Waals surface area contributed by atoms with Crippen molar-refractivity contribution in [3.8, 4) is 5.75 Å². The van der Waals surface area contributed by atoms with Crippen LogP contribution in [-0.4, -0.2) is 90.9 Å². The molecule has 6 aromatic rings. The number of ether oxygens (including phenoxy) is 2. The molecule has 0 radical (unpaired) electrons. The van der Waals surface area contributed by atoms with Crippen LogP contribution in [0.15, 0.2) is 42.5 Å². The number of amides is 4. The summed E-state index contributed by atoms with van der Waals surface area (Å²) in [5, 5.41) is 11.1. The summed E-state index contributed by atoms with van der Waals surface area (Å²) >= 11 is 1.30. The smallest absolute Gasteiger partial charge is 0.276 e. The van der Waals surface area contributed by atoms with Gasteiger partial charge >= 0.3 is 0 Å². The van der Waals surface area contributed by atoms with E-state index in [1.807, 2.05) is 44.4 Å². The van der Waals surface area contributed by atoms with Gasteiger partial charge < -0.3 is 35.0 Å². The van der Waals surface area contributed by atoms with Crippen LogP contribution in [0.1, 0.15) is 71.1 Å². The van der Waals surface area contributed by atoms with Crippen molar-refractivity contribution in [1.82, 2.24) is 33.9 Å². The molecule has 5 heterocycles. The number of hydrogen-bond donors (Lipinski definition) is 4. The number of aromatic nitrogens is 7. The number of fused-ring (bicyclic) bond motifs is 2. The Bertz CT molecular complexity index is 2610. The van der Waals surface area contributed by atoms with Crippen molar-refractivity contribution in [3.05, 3.63) is 80.6 Å². The first-order valence-corrected chi connectivity index (χ1v) is 19.6. The molecule has 1 saturated heterocycles. The number of aryl methyl sites for hydroxylation is 4. The molecule has 1 fully saturated rings. The van der Waals surface area contributed by atoms with Gasteiger partial charge in [0.05, 0.1) is 59.0 Å². The van der Waals surface area contributed by atoms with Gasteiger partial charge in [0.25, 0.3) is 11.8 Å². The molecule has 18 nitrogen and oxygen atoms in total. The number of allylic oxidation sites excluding steroid dienone is 2. The van der Waals surface area contributed by atoms with Crippen LogP contribution in [0, 0.1) is 13.8 Å². The second kappa shape index (κ2) is 16.5. The number of thiazole rings is 1. The zero-order valence-electron chi connectivity index (χ0n) is 32.8. The number of nitrogens with zero attached hydrogens (tertiary/aromatic N) is 8. The Kier molecular flexibility index (Phi) is 11.3. The maximum Gasteiger partial charge on any atom is 0.276 e. The van der Waals surface area contributed by atoms with Crippen LogP contribution in [0.3, 0.4) is 0 Å². The molecule has 4 aromatic heterocycles. The fourth-order valence-corrected chi connectivity index (χ4v) is 7.95. The van der Waals surface area contributed by atoms with Crippen molar-refractivity contribution < 1.29 is 28.7 Å². The predicted octanol–water partition coefficient (Wildman–Crippen LogP) is 4.04. The number of nitrogens with one attached hydrogen (secondary N) is 2. The molecule has 2 aromatic carbocycles. The Morgan fingerprint density at radius 1 is 0.845 bits per heavy atom. The molecule has 0 atom stereocenters. The molecule has 0 saturated carbocycles. The van der Waals surface area contributed by atoms with Crippen LogP contribution in [-0.2, 0) is 30.8 Å². The van der Waals surface area contributed by atoms with Crippen LogP contribution in [0.5, 0.6) is 5.75 Å². The zero-order chi connectivity index (χ0) is 41.2. The van der Waals surface area contributed by atoms with Gasteiger partial charge in [-0.1, -0.05) is 19.1 Å². The maximum atomic E-state index is 13.8. The molecule has 7 rings (SSSR count). The molecule has 4 amide bonds. The summed E-state index contributed by atoms with van der Waals surface area (Å²) in [6, 6.07) is 8.16. The van der Waals surface area contributed by atoms with Crippen LogP contribution >= 0.6 is 11.3 Å². The van der Waals surface area contributed by atoms with Crippen LogP contribution in [0.2, 0.25) is 0 Å². The second-order valence-electron chi connectivity index (χ2n) is 13.6. The Hall–Kier alpha value is -6.60. The van der Waals surface area contributed by atoms with Crippen LogP contribution < -0.4 is 31.7 Å². The Balaban J connectivity index is 1.30. The SMILES string of the molecule is CCc1nc(C)sc1C(=O)Nc1nc2cc(C(N)=O)cc(OC)c2n1C/C=C/Cn1c(NC(=O)c2cc(C)nn2CC)nc2cc(C(N)=O)cc(N3CCOCC3)c21. The minimum atomic E-state index is -0.655. The van der Waals surface area contributed by atoms with Crippen molar-refractivity contribution in [2.24, 2.45) is 11.5 Å². The number of morpholine rings is 1. The van der Waals surface area contributed by atoms with Crippen molar-refractivity contribution >= 4 is 74.6 Å². The fourth-order valence-electron chi connectivity index (χ4n) is 7.05. The first kappa shape index (κ1) is 39.6. The fraction of sp³-hybridized carbons (Fsp3) is 0.333. The summed E-state index contributed by atoms with van der Waals surface area (Å²) in [6.45, 7) is 10.5. The largest absolute Gasteiger partial charge is 0.494 e. The van der Waals surface area contributed by atoms with Gasteiger partial charge in [0.1, 0.15) is 21.8 Å². The molecule has 6 N–H and O–H groups in total. The van der Waals surface area contributed by atoms with Crippen molar-refractivity contribution in [1.29, 1.82) is 0 Å². The number of nitrogens with two attached hydrogens (primary N) is 2. The van der Waals surface area contributed by atoms with Gasteiger partial charge in [-0.05, 0) is 57.5 Å². The first-order chi connectivity index (χ1) is 27.9. The van der Waals surface area contributed by atoms with E-state index in [1.165, 1.54) is 24.5 Å². The Morgan fingerprint density at radius 2 is 1.45 bits per heavy atom. The van der Waals surface area contributed by atoms with E-state index in [-0.39, 0.29) is 42.0 Å². The molecule has 0 aliphatic carbocycles. The van der Waals surface area contributed by atoms with E-state index in [9.17, 15) is 19.2 Å². The molecular weight excluding hydrogens is 765 g/mol. The van der Waals surface area contributed by atoms with E-state index in [0.29, 0.717) is 89.0 Å². The molecule has 58 heavy (non-hydrogen) atoms. The topological polar surface area (TPSA) is 232 Å². The molecule has 1 aliphatic heterocycles. The lowest BCUT2D eigenvalue weighted by Gasteiger charge is -2.30. The van der Waals surface area contributed by atoms with Crippen LogP contribution in [0.25, 0.3) is 22.1 Å². The Morgan fingerprint density at radius 3 is 2.05 bits per heavy atom. The van der Waals surface area contributed by atoms with E-state index in [1.54, 1.807) is 33.5 Å². The summed E-state index contributed by atoms with van der Waals surface area (Å²) in [7, 11) is 1.48. The summed E-state index contributed by atoms with van der Waals surface area (Å²) in [4.78, 5) is 68.8. The minimum absolute atomic E-state index is 0.197. The highest BCUT2D eigenvalue weighted by Gasteiger charge is 2.25. The lowest BCUT2D eigenvalue weighted by molar-refractivity contribution is 0.0992. The van der Waals surface area contributed by atoms with E-state index in [0.717, 1.165) is 10.7 Å². The third kappa shape index (κ3) is 7.72. The van der Waals surface area contributed by atoms with Gasteiger partial charge in [0.2, 0.25) is 23.7 Å². The highest BCUT2D eigenvalue weighted by molar-refractivity contribution is 7.13.